The van der Waals surface area contributed by atoms with E-state index in [1.807, 2.05) is 0 Å². The van der Waals surface area contributed by atoms with Gasteiger partial charge in [-0.05, 0) is 19.3 Å². The predicted molar refractivity (Wildman–Crippen MR) is 65.3 cm³/mol. The Balaban J connectivity index is 2.14. The summed E-state index contributed by atoms with van der Waals surface area (Å²) >= 11 is 0. The second kappa shape index (κ2) is 4.96. The third kappa shape index (κ3) is 2.21. The van der Waals surface area contributed by atoms with E-state index in [-0.39, 0.29) is 6.10 Å². The molecular formula is C14H23NO2. The minimum Gasteiger partial charge on any atom is -0.388 e. The Hall–Kier alpha value is -0.590. The van der Waals surface area contributed by atoms with E-state index in [2.05, 4.69) is 13.0 Å². The molecule has 1 heterocycles. The lowest BCUT2D eigenvalue weighted by atomic mass is 9.66. The molecule has 2 fully saturated rings. The molecule has 2 rings (SSSR count). The van der Waals surface area contributed by atoms with Gasteiger partial charge in [0, 0.05) is 19.4 Å². The van der Waals surface area contributed by atoms with E-state index in [1.165, 1.54) is 0 Å². The van der Waals surface area contributed by atoms with Crippen LogP contribution in [0, 0.1) is 16.7 Å². The lowest BCUT2D eigenvalue weighted by molar-refractivity contribution is -0.151. The van der Waals surface area contributed by atoms with Crippen LogP contribution >= 0.6 is 0 Å². The van der Waals surface area contributed by atoms with Crippen LogP contribution in [-0.2, 0) is 4.74 Å². The summed E-state index contributed by atoms with van der Waals surface area (Å²) in [6.45, 7) is 2.73. The summed E-state index contributed by atoms with van der Waals surface area (Å²) in [7, 11) is 0. The summed E-state index contributed by atoms with van der Waals surface area (Å²) in [6, 6.07) is 2.44. The average Bonchev–Trinajstić information content (AvgIpc) is 2.80. The molecular weight excluding hydrogens is 214 g/mol. The highest BCUT2D eigenvalue weighted by Crippen LogP contribution is 2.51. The summed E-state index contributed by atoms with van der Waals surface area (Å²) in [5.41, 5.74) is -1.31. The zero-order chi connectivity index (χ0) is 12.4. The fourth-order valence-corrected chi connectivity index (χ4v) is 3.53. The van der Waals surface area contributed by atoms with Gasteiger partial charge in [0.15, 0.2) is 0 Å². The molecule has 17 heavy (non-hydrogen) atoms. The molecule has 2 unspecified atom stereocenters. The Kier molecular flexibility index (Phi) is 3.75. The van der Waals surface area contributed by atoms with Crippen LogP contribution in [0.3, 0.4) is 0 Å². The van der Waals surface area contributed by atoms with Gasteiger partial charge in [-0.15, -0.1) is 0 Å². The first-order valence-electron chi connectivity index (χ1n) is 6.91. The van der Waals surface area contributed by atoms with Gasteiger partial charge < -0.3 is 9.84 Å². The van der Waals surface area contributed by atoms with Crippen molar-refractivity contribution >= 4 is 0 Å². The van der Waals surface area contributed by atoms with Crippen molar-refractivity contribution in [1.29, 1.82) is 5.26 Å². The van der Waals surface area contributed by atoms with Crippen LogP contribution in [0.1, 0.15) is 58.3 Å². The molecule has 2 aliphatic rings. The monoisotopic (exact) mass is 237 g/mol. The van der Waals surface area contributed by atoms with Crippen molar-refractivity contribution in [2.75, 3.05) is 6.61 Å². The minimum atomic E-state index is -0.809. The zero-order valence-electron chi connectivity index (χ0n) is 10.7. The fourth-order valence-electron chi connectivity index (χ4n) is 3.53. The third-order valence-corrected chi connectivity index (χ3v) is 4.61. The van der Waals surface area contributed by atoms with E-state index in [0.717, 1.165) is 38.5 Å². The van der Waals surface area contributed by atoms with Gasteiger partial charge in [-0.2, -0.15) is 5.26 Å². The van der Waals surface area contributed by atoms with Gasteiger partial charge in [0.2, 0.25) is 0 Å². The summed E-state index contributed by atoms with van der Waals surface area (Å²) in [4.78, 5) is 0. The van der Waals surface area contributed by atoms with Gasteiger partial charge in [0.25, 0.3) is 0 Å². The molecule has 0 aromatic carbocycles. The van der Waals surface area contributed by atoms with E-state index in [9.17, 15) is 10.4 Å². The van der Waals surface area contributed by atoms with E-state index < -0.39 is 11.0 Å². The van der Waals surface area contributed by atoms with Crippen molar-refractivity contribution in [3.8, 4) is 6.07 Å². The van der Waals surface area contributed by atoms with Crippen LogP contribution < -0.4 is 0 Å². The first kappa shape index (κ1) is 12.9. The highest BCUT2D eigenvalue weighted by atomic mass is 16.5. The molecule has 0 bridgehead atoms. The number of hydrogen-bond acceptors (Lipinski definition) is 3. The fraction of sp³-hybridized carbons (Fsp3) is 0.929. The molecule has 0 aromatic heterocycles. The highest BCUT2D eigenvalue weighted by Gasteiger charge is 2.54. The molecule has 1 saturated carbocycles. The Labute approximate surface area is 104 Å². The molecule has 1 N–H and O–H groups in total. The van der Waals surface area contributed by atoms with Crippen LogP contribution in [-0.4, -0.2) is 23.4 Å². The Morgan fingerprint density at radius 1 is 1.35 bits per heavy atom. The first-order valence-corrected chi connectivity index (χ1v) is 6.91. The van der Waals surface area contributed by atoms with Crippen molar-refractivity contribution in [3.05, 3.63) is 0 Å². The number of nitrogens with zero attached hydrogens (tertiary/aromatic N) is 1. The second-order valence-electron chi connectivity index (χ2n) is 5.67. The molecule has 0 amide bonds. The highest BCUT2D eigenvalue weighted by molar-refractivity contribution is 5.14. The first-order chi connectivity index (χ1) is 8.16. The van der Waals surface area contributed by atoms with Crippen molar-refractivity contribution in [1.82, 2.24) is 0 Å². The van der Waals surface area contributed by atoms with Gasteiger partial charge >= 0.3 is 0 Å². The summed E-state index contributed by atoms with van der Waals surface area (Å²) in [6.07, 6.45) is 7.35. The molecule has 0 spiro atoms. The Morgan fingerprint density at radius 2 is 2.06 bits per heavy atom. The number of rotatable bonds is 3. The predicted octanol–water partition coefficient (Wildman–Crippen LogP) is 2.78. The molecule has 1 aliphatic heterocycles. The van der Waals surface area contributed by atoms with Gasteiger partial charge in [-0.3, -0.25) is 0 Å². The number of aliphatic hydroxyl groups is 1. The Bertz CT molecular complexity index is 302. The topological polar surface area (TPSA) is 53.2 Å². The quantitative estimate of drug-likeness (QED) is 0.821. The second-order valence-corrected chi connectivity index (χ2v) is 5.67. The maximum atomic E-state index is 10.9. The summed E-state index contributed by atoms with van der Waals surface area (Å²) in [5.74, 6) is 0. The Morgan fingerprint density at radius 3 is 2.65 bits per heavy atom. The normalized spacial score (nSPS) is 36.6. The molecule has 0 radical (unpaired) electrons. The van der Waals surface area contributed by atoms with Crippen LogP contribution in [0.15, 0.2) is 0 Å². The molecule has 1 saturated heterocycles. The van der Waals surface area contributed by atoms with Gasteiger partial charge in [0.05, 0.1) is 23.2 Å². The van der Waals surface area contributed by atoms with Crippen molar-refractivity contribution in [3.63, 3.8) is 0 Å². The van der Waals surface area contributed by atoms with Crippen LogP contribution in [0.4, 0.5) is 0 Å². The third-order valence-electron chi connectivity index (χ3n) is 4.61. The molecule has 1 aliphatic carbocycles. The van der Waals surface area contributed by atoms with E-state index in [0.29, 0.717) is 19.4 Å². The van der Waals surface area contributed by atoms with Crippen LogP contribution in [0.2, 0.25) is 0 Å². The van der Waals surface area contributed by atoms with Gasteiger partial charge in [-0.25, -0.2) is 0 Å². The average molecular weight is 237 g/mol. The van der Waals surface area contributed by atoms with E-state index in [1.54, 1.807) is 0 Å². The van der Waals surface area contributed by atoms with Gasteiger partial charge in [-0.1, -0.05) is 26.2 Å². The molecule has 3 nitrogen and oxygen atoms in total. The smallest absolute Gasteiger partial charge is 0.0879 e. The largest absolute Gasteiger partial charge is 0.388 e. The number of nitriles is 1. The summed E-state index contributed by atoms with van der Waals surface area (Å²) < 4.78 is 5.69. The van der Waals surface area contributed by atoms with Crippen molar-refractivity contribution in [2.45, 2.75) is 70.0 Å². The lowest BCUT2D eigenvalue weighted by Gasteiger charge is -2.45. The molecule has 2 atom stereocenters. The van der Waals surface area contributed by atoms with E-state index in [4.69, 9.17) is 4.74 Å². The SMILES string of the molecule is CCCC1CC(O)(C2(C#N)CCCC2)CCO1. The van der Waals surface area contributed by atoms with Gasteiger partial charge in [0.1, 0.15) is 0 Å². The number of hydrogen-bond donors (Lipinski definition) is 1. The van der Waals surface area contributed by atoms with E-state index >= 15 is 0 Å². The maximum absolute atomic E-state index is 10.9. The van der Waals surface area contributed by atoms with Crippen molar-refractivity contribution < 1.29 is 9.84 Å². The zero-order valence-corrected chi connectivity index (χ0v) is 10.7. The molecule has 96 valence electrons. The van der Waals surface area contributed by atoms with Crippen molar-refractivity contribution in [2.24, 2.45) is 5.41 Å². The molecule has 0 aromatic rings. The minimum absolute atomic E-state index is 0.143. The number of ether oxygens (including phenoxy) is 1. The summed E-state index contributed by atoms with van der Waals surface area (Å²) in [5, 5.41) is 20.4. The van der Waals surface area contributed by atoms with Crippen LogP contribution in [0.5, 0.6) is 0 Å². The van der Waals surface area contributed by atoms with Crippen LogP contribution in [0.25, 0.3) is 0 Å². The maximum Gasteiger partial charge on any atom is 0.0879 e. The standard InChI is InChI=1S/C14H23NO2/c1-2-5-12-10-14(16,8-9-17-12)13(11-15)6-3-4-7-13/h12,16H,2-10H2,1H3. The lowest BCUT2D eigenvalue weighted by Crippen LogP contribution is -2.52. The molecule has 3 heteroatoms.